The summed E-state index contributed by atoms with van der Waals surface area (Å²) in [7, 11) is 3.38. The van der Waals surface area contributed by atoms with Crippen molar-refractivity contribution in [2.75, 3.05) is 27.3 Å². The smallest absolute Gasteiger partial charge is 0.191 e. The fourth-order valence-electron chi connectivity index (χ4n) is 1.42. The molecule has 4 nitrogen and oxygen atoms in total. The Morgan fingerprint density at radius 1 is 1.38 bits per heavy atom. The molecule has 0 atom stereocenters. The van der Waals surface area contributed by atoms with E-state index >= 15 is 0 Å². The lowest BCUT2D eigenvalue weighted by Gasteiger charge is -2.23. The monoisotopic (exact) mass is 221 g/mol. The highest BCUT2D eigenvalue weighted by molar-refractivity contribution is 5.77. The second kappa shape index (κ2) is 6.85. The molecule has 1 aromatic carbocycles. The van der Waals surface area contributed by atoms with Crippen LogP contribution in [-0.4, -0.2) is 38.2 Å². The molecular weight excluding hydrogens is 202 g/mol. The van der Waals surface area contributed by atoms with E-state index in [0.29, 0.717) is 12.6 Å². The van der Waals surface area contributed by atoms with Crippen LogP contribution in [-0.2, 0) is 11.3 Å². The average Bonchev–Trinajstić information content (AvgIpc) is 2.34. The average molecular weight is 221 g/mol. The number of benzene rings is 1. The van der Waals surface area contributed by atoms with Crippen molar-refractivity contribution in [3.05, 3.63) is 35.9 Å². The van der Waals surface area contributed by atoms with Crippen LogP contribution in [0.5, 0.6) is 0 Å². The molecule has 0 fully saturated rings. The maximum Gasteiger partial charge on any atom is 0.191 e. The Labute approximate surface area is 96.7 Å². The minimum absolute atomic E-state index is 0.543. The largest absolute Gasteiger partial charge is 0.383 e. The minimum Gasteiger partial charge on any atom is -0.383 e. The van der Waals surface area contributed by atoms with E-state index < -0.39 is 0 Å². The van der Waals surface area contributed by atoms with E-state index in [-0.39, 0.29) is 0 Å². The zero-order valence-electron chi connectivity index (χ0n) is 9.89. The van der Waals surface area contributed by atoms with Crippen LogP contribution in [0.2, 0.25) is 0 Å². The zero-order valence-corrected chi connectivity index (χ0v) is 9.89. The Kier molecular flexibility index (Phi) is 5.36. The fourth-order valence-corrected chi connectivity index (χ4v) is 1.42. The molecule has 0 aliphatic carbocycles. The first-order valence-electron chi connectivity index (χ1n) is 5.28. The molecule has 2 N–H and O–H groups in total. The summed E-state index contributed by atoms with van der Waals surface area (Å²) in [4.78, 5) is 6.00. The zero-order chi connectivity index (χ0) is 11.8. The SMILES string of the molecule is CN=C(N)N(CCOC)Cc1ccccc1. The van der Waals surface area contributed by atoms with E-state index in [9.17, 15) is 0 Å². The Balaban J connectivity index is 2.63. The van der Waals surface area contributed by atoms with Gasteiger partial charge in [-0.3, -0.25) is 4.99 Å². The van der Waals surface area contributed by atoms with Gasteiger partial charge in [0, 0.05) is 27.2 Å². The van der Waals surface area contributed by atoms with Gasteiger partial charge in [0.1, 0.15) is 0 Å². The van der Waals surface area contributed by atoms with Crippen molar-refractivity contribution in [1.29, 1.82) is 0 Å². The van der Waals surface area contributed by atoms with E-state index in [2.05, 4.69) is 17.1 Å². The molecule has 0 aromatic heterocycles. The molecule has 1 aromatic rings. The third kappa shape index (κ3) is 3.90. The van der Waals surface area contributed by atoms with Gasteiger partial charge >= 0.3 is 0 Å². The van der Waals surface area contributed by atoms with E-state index in [1.807, 2.05) is 23.1 Å². The summed E-state index contributed by atoms with van der Waals surface area (Å²) in [6, 6.07) is 10.2. The van der Waals surface area contributed by atoms with E-state index in [0.717, 1.165) is 13.1 Å². The number of nitrogens with zero attached hydrogens (tertiary/aromatic N) is 2. The number of nitrogens with two attached hydrogens (primary N) is 1. The van der Waals surface area contributed by atoms with Crippen molar-refractivity contribution in [3.63, 3.8) is 0 Å². The molecule has 0 saturated carbocycles. The standard InChI is InChI=1S/C12H19N3O/c1-14-12(13)15(8-9-16-2)10-11-6-4-3-5-7-11/h3-7H,8-10H2,1-2H3,(H2,13,14). The maximum absolute atomic E-state index is 5.83. The van der Waals surface area contributed by atoms with E-state index in [1.54, 1.807) is 14.2 Å². The predicted molar refractivity (Wildman–Crippen MR) is 66.3 cm³/mol. The van der Waals surface area contributed by atoms with Gasteiger partial charge in [0.15, 0.2) is 5.96 Å². The molecule has 0 heterocycles. The van der Waals surface area contributed by atoms with Crippen LogP contribution in [0.1, 0.15) is 5.56 Å². The molecule has 0 bridgehead atoms. The highest BCUT2D eigenvalue weighted by atomic mass is 16.5. The van der Waals surface area contributed by atoms with E-state index in [4.69, 9.17) is 10.5 Å². The van der Waals surface area contributed by atoms with Crippen LogP contribution in [0.4, 0.5) is 0 Å². The Bertz CT molecular complexity index is 324. The molecule has 0 saturated heterocycles. The first kappa shape index (κ1) is 12.5. The Hall–Kier alpha value is -1.55. The third-order valence-electron chi connectivity index (χ3n) is 2.33. The molecule has 0 aliphatic heterocycles. The van der Waals surface area contributed by atoms with Gasteiger partial charge < -0.3 is 15.4 Å². The summed E-state index contributed by atoms with van der Waals surface area (Å²) in [5, 5.41) is 0. The molecule has 0 unspecified atom stereocenters. The number of hydrogen-bond donors (Lipinski definition) is 1. The summed E-state index contributed by atoms with van der Waals surface area (Å²) >= 11 is 0. The number of hydrogen-bond acceptors (Lipinski definition) is 2. The van der Waals surface area contributed by atoms with Gasteiger partial charge in [-0.15, -0.1) is 0 Å². The van der Waals surface area contributed by atoms with Gasteiger partial charge in [0.2, 0.25) is 0 Å². The lowest BCUT2D eigenvalue weighted by atomic mass is 10.2. The van der Waals surface area contributed by atoms with Crippen LogP contribution in [0.25, 0.3) is 0 Å². The first-order valence-corrected chi connectivity index (χ1v) is 5.28. The van der Waals surface area contributed by atoms with Crippen molar-refractivity contribution >= 4 is 5.96 Å². The molecule has 0 aliphatic rings. The van der Waals surface area contributed by atoms with Crippen LogP contribution in [0.15, 0.2) is 35.3 Å². The summed E-state index contributed by atoms with van der Waals surface area (Å²) in [6.07, 6.45) is 0. The Morgan fingerprint density at radius 2 is 2.06 bits per heavy atom. The van der Waals surface area contributed by atoms with Crippen molar-refractivity contribution in [2.45, 2.75) is 6.54 Å². The van der Waals surface area contributed by atoms with Gasteiger partial charge in [-0.1, -0.05) is 30.3 Å². The fraction of sp³-hybridized carbons (Fsp3) is 0.417. The first-order chi connectivity index (χ1) is 7.77. The summed E-state index contributed by atoms with van der Waals surface area (Å²) in [5.41, 5.74) is 7.04. The van der Waals surface area contributed by atoms with Gasteiger partial charge in [-0.2, -0.15) is 0 Å². The Morgan fingerprint density at radius 3 is 2.62 bits per heavy atom. The van der Waals surface area contributed by atoms with E-state index in [1.165, 1.54) is 5.56 Å². The van der Waals surface area contributed by atoms with Crippen molar-refractivity contribution < 1.29 is 4.74 Å². The highest BCUT2D eigenvalue weighted by Crippen LogP contribution is 2.03. The van der Waals surface area contributed by atoms with Crippen LogP contribution in [0, 0.1) is 0 Å². The van der Waals surface area contributed by atoms with Crippen molar-refractivity contribution in [3.8, 4) is 0 Å². The van der Waals surface area contributed by atoms with Gasteiger partial charge in [-0.05, 0) is 5.56 Å². The predicted octanol–water partition coefficient (Wildman–Crippen LogP) is 1.08. The van der Waals surface area contributed by atoms with Gasteiger partial charge in [0.25, 0.3) is 0 Å². The molecule has 0 spiro atoms. The van der Waals surface area contributed by atoms with Crippen LogP contribution >= 0.6 is 0 Å². The van der Waals surface area contributed by atoms with Crippen LogP contribution < -0.4 is 5.73 Å². The lowest BCUT2D eigenvalue weighted by molar-refractivity contribution is 0.174. The number of ether oxygens (including phenoxy) is 1. The minimum atomic E-state index is 0.543. The second-order valence-electron chi connectivity index (χ2n) is 3.48. The molecule has 1 rings (SSSR count). The molecule has 0 radical (unpaired) electrons. The van der Waals surface area contributed by atoms with Gasteiger partial charge in [-0.25, -0.2) is 0 Å². The number of guanidine groups is 1. The number of aliphatic imine (C=N–C) groups is 1. The normalized spacial score (nSPS) is 11.5. The molecule has 4 heteroatoms. The number of rotatable bonds is 5. The molecular formula is C12H19N3O. The topological polar surface area (TPSA) is 50.8 Å². The molecule has 0 amide bonds. The summed E-state index contributed by atoms with van der Waals surface area (Å²) in [5.74, 6) is 0.543. The highest BCUT2D eigenvalue weighted by Gasteiger charge is 2.07. The van der Waals surface area contributed by atoms with Crippen molar-refractivity contribution in [1.82, 2.24) is 4.90 Å². The molecule has 88 valence electrons. The maximum atomic E-state index is 5.83. The molecule has 16 heavy (non-hydrogen) atoms. The summed E-state index contributed by atoms with van der Waals surface area (Å²) < 4.78 is 5.05. The quantitative estimate of drug-likeness (QED) is 0.598. The van der Waals surface area contributed by atoms with Crippen molar-refractivity contribution in [2.24, 2.45) is 10.7 Å². The number of methoxy groups -OCH3 is 1. The van der Waals surface area contributed by atoms with Crippen LogP contribution in [0.3, 0.4) is 0 Å². The third-order valence-corrected chi connectivity index (χ3v) is 2.33. The second-order valence-corrected chi connectivity index (χ2v) is 3.48. The summed E-state index contributed by atoms with van der Waals surface area (Å²) in [6.45, 7) is 2.14. The lowest BCUT2D eigenvalue weighted by Crippen LogP contribution is -2.38. The van der Waals surface area contributed by atoms with Gasteiger partial charge in [0.05, 0.1) is 6.61 Å².